The molecule has 0 saturated carbocycles. The minimum absolute atomic E-state index is 0.100. The highest BCUT2D eigenvalue weighted by Crippen LogP contribution is 2.18. The highest BCUT2D eigenvalue weighted by molar-refractivity contribution is 5.91. The first-order chi connectivity index (χ1) is 8.17. The first-order valence-electron chi connectivity index (χ1n) is 6.28. The molecule has 0 aliphatic rings. The van der Waals surface area contributed by atoms with Gasteiger partial charge in [-0.05, 0) is 31.5 Å². The summed E-state index contributed by atoms with van der Waals surface area (Å²) < 4.78 is 0. The normalized spacial score (nSPS) is 10.1. The number of carbonyl (C=O) groups is 1. The number of nitrogens with one attached hydrogen (secondary N) is 1. The standard InChI is InChI=1S/C14H22N2O/c1-4-6-10-14(17)15-12-8-7-9-13(11-12)16(3)5-2/h7-9,11H,4-6,10H2,1-3H3,(H,15,17). The zero-order chi connectivity index (χ0) is 12.7. The van der Waals surface area contributed by atoms with Gasteiger partial charge >= 0.3 is 0 Å². The second-order valence-electron chi connectivity index (χ2n) is 4.22. The summed E-state index contributed by atoms with van der Waals surface area (Å²) in [7, 11) is 2.04. The van der Waals surface area contributed by atoms with E-state index in [2.05, 4.69) is 24.1 Å². The first kappa shape index (κ1) is 13.6. The van der Waals surface area contributed by atoms with Crippen LogP contribution >= 0.6 is 0 Å². The molecular formula is C14H22N2O. The third kappa shape index (κ3) is 4.47. The van der Waals surface area contributed by atoms with Gasteiger partial charge in [0.25, 0.3) is 0 Å². The monoisotopic (exact) mass is 234 g/mol. The molecule has 1 aromatic carbocycles. The van der Waals surface area contributed by atoms with Crippen molar-refractivity contribution < 1.29 is 4.79 Å². The number of unbranched alkanes of at least 4 members (excludes halogenated alkanes) is 1. The summed E-state index contributed by atoms with van der Waals surface area (Å²) >= 11 is 0. The molecule has 0 spiro atoms. The van der Waals surface area contributed by atoms with Gasteiger partial charge in [-0.15, -0.1) is 0 Å². The van der Waals surface area contributed by atoms with Crippen LogP contribution in [0.25, 0.3) is 0 Å². The molecule has 1 amide bonds. The lowest BCUT2D eigenvalue weighted by molar-refractivity contribution is -0.116. The van der Waals surface area contributed by atoms with Crippen LogP contribution in [0.2, 0.25) is 0 Å². The van der Waals surface area contributed by atoms with E-state index in [1.807, 2.05) is 31.3 Å². The summed E-state index contributed by atoms with van der Waals surface area (Å²) in [5, 5.41) is 2.93. The lowest BCUT2D eigenvalue weighted by Crippen LogP contribution is -2.16. The molecule has 0 unspecified atom stereocenters. The van der Waals surface area contributed by atoms with Crippen molar-refractivity contribution >= 4 is 17.3 Å². The third-order valence-corrected chi connectivity index (χ3v) is 2.80. The van der Waals surface area contributed by atoms with Crippen LogP contribution in [-0.4, -0.2) is 19.5 Å². The lowest BCUT2D eigenvalue weighted by atomic mass is 10.2. The van der Waals surface area contributed by atoms with Gasteiger partial charge in [-0.2, -0.15) is 0 Å². The molecule has 1 N–H and O–H groups in total. The average molecular weight is 234 g/mol. The van der Waals surface area contributed by atoms with Crippen LogP contribution in [0.5, 0.6) is 0 Å². The molecule has 0 fully saturated rings. The Balaban J connectivity index is 2.62. The van der Waals surface area contributed by atoms with Gasteiger partial charge in [-0.25, -0.2) is 0 Å². The van der Waals surface area contributed by atoms with E-state index in [1.54, 1.807) is 0 Å². The molecule has 1 rings (SSSR count). The van der Waals surface area contributed by atoms with Crippen LogP contribution in [0.1, 0.15) is 33.1 Å². The highest BCUT2D eigenvalue weighted by atomic mass is 16.1. The van der Waals surface area contributed by atoms with Crippen LogP contribution in [0.4, 0.5) is 11.4 Å². The van der Waals surface area contributed by atoms with E-state index in [0.29, 0.717) is 6.42 Å². The summed E-state index contributed by atoms with van der Waals surface area (Å²) in [5.41, 5.74) is 2.00. The number of benzene rings is 1. The maximum Gasteiger partial charge on any atom is 0.224 e. The first-order valence-corrected chi connectivity index (χ1v) is 6.28. The van der Waals surface area contributed by atoms with E-state index < -0.39 is 0 Å². The summed E-state index contributed by atoms with van der Waals surface area (Å²) in [6.07, 6.45) is 2.59. The number of hydrogen-bond acceptors (Lipinski definition) is 2. The molecule has 0 bridgehead atoms. The summed E-state index contributed by atoms with van der Waals surface area (Å²) in [4.78, 5) is 13.7. The van der Waals surface area contributed by atoms with Gasteiger partial charge < -0.3 is 10.2 Å². The molecule has 0 saturated heterocycles. The third-order valence-electron chi connectivity index (χ3n) is 2.80. The van der Waals surface area contributed by atoms with Crippen molar-refractivity contribution in [2.45, 2.75) is 33.1 Å². The number of amides is 1. The molecule has 0 aliphatic heterocycles. The topological polar surface area (TPSA) is 32.3 Å². The molecule has 94 valence electrons. The van der Waals surface area contributed by atoms with Gasteiger partial charge in [0.15, 0.2) is 0 Å². The quantitative estimate of drug-likeness (QED) is 0.819. The lowest BCUT2D eigenvalue weighted by Gasteiger charge is -2.17. The fourth-order valence-electron chi connectivity index (χ4n) is 1.56. The number of carbonyl (C=O) groups excluding carboxylic acids is 1. The van der Waals surface area contributed by atoms with Crippen molar-refractivity contribution in [2.24, 2.45) is 0 Å². The van der Waals surface area contributed by atoms with Crippen molar-refractivity contribution in [1.29, 1.82) is 0 Å². The van der Waals surface area contributed by atoms with E-state index in [1.165, 1.54) is 0 Å². The molecule has 0 radical (unpaired) electrons. The Kier molecular flexibility index (Phi) is 5.53. The summed E-state index contributed by atoms with van der Waals surface area (Å²) in [5.74, 6) is 0.100. The molecular weight excluding hydrogens is 212 g/mol. The second kappa shape index (κ2) is 6.94. The van der Waals surface area contributed by atoms with Crippen LogP contribution in [0, 0.1) is 0 Å². The van der Waals surface area contributed by atoms with Gasteiger partial charge in [-0.3, -0.25) is 4.79 Å². The van der Waals surface area contributed by atoms with Gasteiger partial charge in [0.1, 0.15) is 0 Å². The van der Waals surface area contributed by atoms with Gasteiger partial charge in [0, 0.05) is 31.4 Å². The summed E-state index contributed by atoms with van der Waals surface area (Å²) in [6, 6.07) is 7.95. The smallest absolute Gasteiger partial charge is 0.224 e. The Morgan fingerprint density at radius 3 is 2.76 bits per heavy atom. The van der Waals surface area contributed by atoms with Crippen LogP contribution < -0.4 is 10.2 Å². The van der Waals surface area contributed by atoms with E-state index in [-0.39, 0.29) is 5.91 Å². The fourth-order valence-corrected chi connectivity index (χ4v) is 1.56. The predicted octanol–water partition coefficient (Wildman–Crippen LogP) is 3.27. The molecule has 1 aromatic rings. The van der Waals surface area contributed by atoms with E-state index in [9.17, 15) is 4.79 Å². The van der Waals surface area contributed by atoms with Crippen molar-refractivity contribution in [3.63, 3.8) is 0 Å². The predicted molar refractivity (Wildman–Crippen MR) is 73.5 cm³/mol. The Morgan fingerprint density at radius 2 is 2.12 bits per heavy atom. The molecule has 0 heterocycles. The van der Waals surface area contributed by atoms with E-state index in [0.717, 1.165) is 30.8 Å². The van der Waals surface area contributed by atoms with Crippen molar-refractivity contribution in [2.75, 3.05) is 23.8 Å². The van der Waals surface area contributed by atoms with Gasteiger partial charge in [-0.1, -0.05) is 19.4 Å². The van der Waals surface area contributed by atoms with Crippen molar-refractivity contribution in [3.05, 3.63) is 24.3 Å². The van der Waals surface area contributed by atoms with Gasteiger partial charge in [0.05, 0.1) is 0 Å². The molecule has 17 heavy (non-hydrogen) atoms. The van der Waals surface area contributed by atoms with E-state index in [4.69, 9.17) is 0 Å². The highest BCUT2D eigenvalue weighted by Gasteiger charge is 2.03. The number of hydrogen-bond donors (Lipinski definition) is 1. The number of rotatable bonds is 6. The maximum atomic E-state index is 11.6. The molecule has 3 nitrogen and oxygen atoms in total. The Morgan fingerprint density at radius 1 is 1.35 bits per heavy atom. The van der Waals surface area contributed by atoms with Crippen molar-refractivity contribution in [1.82, 2.24) is 0 Å². The van der Waals surface area contributed by atoms with Crippen LogP contribution in [-0.2, 0) is 4.79 Å². The molecule has 0 aliphatic carbocycles. The minimum Gasteiger partial charge on any atom is -0.375 e. The second-order valence-corrected chi connectivity index (χ2v) is 4.22. The SMILES string of the molecule is CCCCC(=O)Nc1cccc(N(C)CC)c1. The van der Waals surface area contributed by atoms with Crippen LogP contribution in [0.3, 0.4) is 0 Å². The summed E-state index contributed by atoms with van der Waals surface area (Å²) in [6.45, 7) is 5.14. The van der Waals surface area contributed by atoms with Crippen molar-refractivity contribution in [3.8, 4) is 0 Å². The van der Waals surface area contributed by atoms with Gasteiger partial charge in [0.2, 0.25) is 5.91 Å². The number of nitrogens with zero attached hydrogens (tertiary/aromatic N) is 1. The molecule has 0 atom stereocenters. The Labute approximate surface area is 104 Å². The largest absolute Gasteiger partial charge is 0.375 e. The Bertz CT molecular complexity index is 363. The van der Waals surface area contributed by atoms with Crippen LogP contribution in [0.15, 0.2) is 24.3 Å². The van der Waals surface area contributed by atoms with E-state index >= 15 is 0 Å². The molecule has 0 aromatic heterocycles. The minimum atomic E-state index is 0.100. The molecule has 3 heteroatoms. The zero-order valence-electron chi connectivity index (χ0n) is 11.0. The Hall–Kier alpha value is -1.51. The number of anilines is 2. The fraction of sp³-hybridized carbons (Fsp3) is 0.500. The maximum absolute atomic E-state index is 11.6. The average Bonchev–Trinajstić information content (AvgIpc) is 2.35. The zero-order valence-corrected chi connectivity index (χ0v) is 11.0.